The SMILES string of the molecule is CCNCc1ccccc1NC(=O)COc1ccccc1OCC(F)(F)F.Cl. The summed E-state index contributed by atoms with van der Waals surface area (Å²) in [5.74, 6) is -0.433. The number of para-hydroxylation sites is 3. The quantitative estimate of drug-likeness (QED) is 0.641. The topological polar surface area (TPSA) is 59.6 Å². The first-order valence-corrected chi connectivity index (χ1v) is 8.39. The monoisotopic (exact) mass is 418 g/mol. The number of ether oxygens (including phenoxy) is 2. The van der Waals surface area contributed by atoms with E-state index in [9.17, 15) is 18.0 Å². The lowest BCUT2D eigenvalue weighted by atomic mass is 10.1. The summed E-state index contributed by atoms with van der Waals surface area (Å²) >= 11 is 0. The summed E-state index contributed by atoms with van der Waals surface area (Å²) in [4.78, 5) is 12.2. The number of hydrogen-bond donors (Lipinski definition) is 2. The summed E-state index contributed by atoms with van der Waals surface area (Å²) in [7, 11) is 0. The van der Waals surface area contributed by atoms with Gasteiger partial charge in [-0.1, -0.05) is 37.3 Å². The van der Waals surface area contributed by atoms with E-state index in [1.807, 2.05) is 19.1 Å². The molecule has 28 heavy (non-hydrogen) atoms. The van der Waals surface area contributed by atoms with Gasteiger partial charge in [0.15, 0.2) is 24.7 Å². The zero-order valence-corrected chi connectivity index (χ0v) is 16.0. The van der Waals surface area contributed by atoms with E-state index < -0.39 is 18.7 Å². The van der Waals surface area contributed by atoms with Crippen LogP contribution >= 0.6 is 12.4 Å². The van der Waals surface area contributed by atoms with Crippen LogP contribution in [0.5, 0.6) is 11.5 Å². The van der Waals surface area contributed by atoms with Gasteiger partial charge >= 0.3 is 6.18 Å². The number of benzene rings is 2. The standard InChI is InChI=1S/C19H21F3N2O3.ClH/c1-2-23-11-14-7-3-4-8-15(14)24-18(25)12-26-16-9-5-6-10-17(16)27-13-19(20,21)22;/h3-10,23H,2,11-13H2,1H3,(H,24,25);1H. The number of rotatable bonds is 9. The zero-order valence-electron chi connectivity index (χ0n) is 15.2. The first kappa shape index (κ1) is 23.6. The summed E-state index contributed by atoms with van der Waals surface area (Å²) in [6, 6.07) is 13.2. The van der Waals surface area contributed by atoms with Gasteiger partial charge in [-0.25, -0.2) is 0 Å². The van der Waals surface area contributed by atoms with Crippen molar-refractivity contribution in [2.24, 2.45) is 0 Å². The normalized spacial score (nSPS) is 10.7. The molecular weight excluding hydrogens is 397 g/mol. The molecule has 0 radical (unpaired) electrons. The van der Waals surface area contributed by atoms with Crippen molar-refractivity contribution in [3.63, 3.8) is 0 Å². The summed E-state index contributed by atoms with van der Waals surface area (Å²) in [5, 5.41) is 5.92. The van der Waals surface area contributed by atoms with E-state index >= 15 is 0 Å². The summed E-state index contributed by atoms with van der Waals surface area (Å²) < 4.78 is 47.0. The third-order valence-corrected chi connectivity index (χ3v) is 3.46. The van der Waals surface area contributed by atoms with Gasteiger partial charge in [-0.15, -0.1) is 12.4 Å². The molecule has 0 bridgehead atoms. The maximum Gasteiger partial charge on any atom is 0.422 e. The molecule has 0 spiro atoms. The van der Waals surface area contributed by atoms with Gasteiger partial charge in [0.25, 0.3) is 5.91 Å². The Morgan fingerprint density at radius 3 is 2.25 bits per heavy atom. The lowest BCUT2D eigenvalue weighted by Crippen LogP contribution is -2.23. The number of carbonyl (C=O) groups is 1. The van der Waals surface area contributed by atoms with Gasteiger partial charge in [-0.2, -0.15) is 13.2 Å². The highest BCUT2D eigenvalue weighted by Gasteiger charge is 2.29. The third-order valence-electron chi connectivity index (χ3n) is 3.46. The van der Waals surface area contributed by atoms with Crippen molar-refractivity contribution in [2.45, 2.75) is 19.6 Å². The number of nitrogens with one attached hydrogen (secondary N) is 2. The van der Waals surface area contributed by atoms with Crippen molar-refractivity contribution in [2.75, 3.05) is 25.1 Å². The molecule has 0 fully saturated rings. The molecule has 0 aliphatic rings. The minimum atomic E-state index is -4.46. The molecule has 2 aromatic rings. The van der Waals surface area contributed by atoms with Crippen LogP contribution in [0.4, 0.5) is 18.9 Å². The van der Waals surface area contributed by atoms with Crippen LogP contribution in [0.1, 0.15) is 12.5 Å². The molecule has 0 atom stereocenters. The fourth-order valence-electron chi connectivity index (χ4n) is 2.23. The highest BCUT2D eigenvalue weighted by atomic mass is 35.5. The predicted octanol–water partition coefficient (Wildman–Crippen LogP) is 4.18. The predicted molar refractivity (Wildman–Crippen MR) is 103 cm³/mol. The molecule has 2 N–H and O–H groups in total. The number of amides is 1. The van der Waals surface area contributed by atoms with Crippen LogP contribution in [-0.2, 0) is 11.3 Å². The number of hydrogen-bond acceptors (Lipinski definition) is 4. The van der Waals surface area contributed by atoms with Crippen molar-refractivity contribution in [3.8, 4) is 11.5 Å². The van der Waals surface area contributed by atoms with Gasteiger partial charge in [0.1, 0.15) is 0 Å². The molecule has 2 aromatic carbocycles. The Balaban J connectivity index is 0.00000392. The highest BCUT2D eigenvalue weighted by Crippen LogP contribution is 2.28. The summed E-state index contributed by atoms with van der Waals surface area (Å²) in [6.45, 7) is 1.58. The van der Waals surface area contributed by atoms with Gasteiger partial charge in [0, 0.05) is 12.2 Å². The van der Waals surface area contributed by atoms with E-state index in [2.05, 4.69) is 10.6 Å². The first-order chi connectivity index (χ1) is 12.9. The second-order valence-corrected chi connectivity index (χ2v) is 5.62. The average Bonchev–Trinajstić information content (AvgIpc) is 2.64. The maximum absolute atomic E-state index is 12.3. The largest absolute Gasteiger partial charge is 0.480 e. The lowest BCUT2D eigenvalue weighted by Gasteiger charge is -2.14. The molecule has 0 heterocycles. The number of anilines is 1. The fourth-order valence-corrected chi connectivity index (χ4v) is 2.23. The lowest BCUT2D eigenvalue weighted by molar-refractivity contribution is -0.153. The van der Waals surface area contributed by atoms with Gasteiger partial charge in [0.2, 0.25) is 0 Å². The smallest absolute Gasteiger partial charge is 0.422 e. The van der Waals surface area contributed by atoms with Gasteiger partial charge in [-0.05, 0) is 30.3 Å². The van der Waals surface area contributed by atoms with E-state index in [0.717, 1.165) is 12.1 Å². The van der Waals surface area contributed by atoms with Crippen LogP contribution in [0, 0.1) is 0 Å². The minimum Gasteiger partial charge on any atom is -0.480 e. The Hall–Kier alpha value is -2.45. The van der Waals surface area contributed by atoms with Crippen molar-refractivity contribution in [1.29, 1.82) is 0 Å². The Morgan fingerprint density at radius 2 is 1.61 bits per heavy atom. The average molecular weight is 419 g/mol. The fraction of sp³-hybridized carbons (Fsp3) is 0.316. The molecular formula is C19H22ClF3N2O3. The van der Waals surface area contributed by atoms with Crippen LogP contribution in [0.15, 0.2) is 48.5 Å². The van der Waals surface area contributed by atoms with Crippen LogP contribution in [0.2, 0.25) is 0 Å². The van der Waals surface area contributed by atoms with E-state index in [1.165, 1.54) is 18.2 Å². The number of alkyl halides is 3. The van der Waals surface area contributed by atoms with Crippen molar-refractivity contribution in [1.82, 2.24) is 5.32 Å². The molecule has 9 heteroatoms. The molecule has 5 nitrogen and oxygen atoms in total. The molecule has 0 aliphatic carbocycles. The van der Waals surface area contributed by atoms with E-state index in [0.29, 0.717) is 12.2 Å². The van der Waals surface area contributed by atoms with Crippen LogP contribution < -0.4 is 20.1 Å². The molecule has 154 valence electrons. The molecule has 1 amide bonds. The molecule has 0 saturated heterocycles. The Morgan fingerprint density at radius 1 is 1.00 bits per heavy atom. The van der Waals surface area contributed by atoms with Crippen molar-refractivity contribution in [3.05, 3.63) is 54.1 Å². The molecule has 0 aliphatic heterocycles. The van der Waals surface area contributed by atoms with Gasteiger partial charge in [0.05, 0.1) is 0 Å². The first-order valence-electron chi connectivity index (χ1n) is 8.39. The Kier molecular flexibility index (Phi) is 9.61. The van der Waals surface area contributed by atoms with Crippen LogP contribution in [0.3, 0.4) is 0 Å². The highest BCUT2D eigenvalue weighted by molar-refractivity contribution is 5.92. The Bertz CT molecular complexity index is 757. The van der Waals surface area contributed by atoms with E-state index in [1.54, 1.807) is 18.2 Å². The van der Waals surface area contributed by atoms with Crippen LogP contribution in [0.25, 0.3) is 0 Å². The van der Waals surface area contributed by atoms with E-state index in [-0.39, 0.29) is 30.5 Å². The summed E-state index contributed by atoms with van der Waals surface area (Å²) in [5.41, 5.74) is 1.57. The number of halogens is 4. The summed E-state index contributed by atoms with van der Waals surface area (Å²) in [6.07, 6.45) is -4.46. The molecule has 0 saturated carbocycles. The molecule has 0 aromatic heterocycles. The maximum atomic E-state index is 12.3. The second kappa shape index (κ2) is 11.4. The third kappa shape index (κ3) is 8.06. The van der Waals surface area contributed by atoms with Gasteiger partial charge in [-0.3, -0.25) is 4.79 Å². The zero-order chi connectivity index (χ0) is 19.7. The minimum absolute atomic E-state index is 0. The second-order valence-electron chi connectivity index (χ2n) is 5.62. The van der Waals surface area contributed by atoms with Crippen LogP contribution in [-0.4, -0.2) is 31.8 Å². The molecule has 2 rings (SSSR count). The van der Waals surface area contributed by atoms with Gasteiger partial charge < -0.3 is 20.1 Å². The van der Waals surface area contributed by atoms with Crippen molar-refractivity contribution < 1.29 is 27.4 Å². The number of carbonyl (C=O) groups excluding carboxylic acids is 1. The van der Waals surface area contributed by atoms with Crippen molar-refractivity contribution >= 4 is 24.0 Å². The molecule has 0 unspecified atom stereocenters. The van der Waals surface area contributed by atoms with E-state index in [4.69, 9.17) is 9.47 Å². The Labute approximate surface area is 167 Å².